The van der Waals surface area contributed by atoms with Gasteiger partial charge >= 0.3 is 0 Å². The number of nitrogens with zero attached hydrogens (tertiary/aromatic N) is 1. The van der Waals surface area contributed by atoms with Crippen LogP contribution in [0.5, 0.6) is 5.75 Å². The molecule has 1 atom stereocenters. The summed E-state index contributed by atoms with van der Waals surface area (Å²) in [6.07, 6.45) is 0. The average molecular weight is 322 g/mol. The lowest BCUT2D eigenvalue weighted by Crippen LogP contribution is -2.51. The quantitative estimate of drug-likeness (QED) is 0.807. The predicted octanol–water partition coefficient (Wildman–Crippen LogP) is 2.12. The molecule has 2 aromatic carbocycles. The molecule has 0 aliphatic carbocycles. The topological polar surface area (TPSA) is 55.7 Å². The van der Waals surface area contributed by atoms with Crippen molar-refractivity contribution >= 4 is 10.8 Å². The van der Waals surface area contributed by atoms with Gasteiger partial charge in [-0.2, -0.15) is 0 Å². The van der Waals surface area contributed by atoms with E-state index in [1.165, 1.54) is 6.07 Å². The fourth-order valence-corrected chi connectivity index (χ4v) is 3.26. The van der Waals surface area contributed by atoms with E-state index >= 15 is 0 Å². The summed E-state index contributed by atoms with van der Waals surface area (Å²) >= 11 is 0. The Morgan fingerprint density at radius 3 is 2.52 bits per heavy atom. The fourth-order valence-electron chi connectivity index (χ4n) is 3.26. The van der Waals surface area contributed by atoms with Gasteiger partial charge in [-0.15, -0.1) is 0 Å². The van der Waals surface area contributed by atoms with E-state index in [1.54, 1.807) is 23.1 Å². The van der Waals surface area contributed by atoms with Crippen LogP contribution in [0.15, 0.2) is 36.4 Å². The second kappa shape index (κ2) is 6.39. The Hall–Kier alpha value is -1.76. The summed E-state index contributed by atoms with van der Waals surface area (Å²) in [5, 5.41) is 24.1. The number of piperazine rings is 1. The van der Waals surface area contributed by atoms with E-state index in [-0.39, 0.29) is 11.3 Å². The van der Waals surface area contributed by atoms with Gasteiger partial charge in [-0.3, -0.25) is 4.90 Å². The van der Waals surface area contributed by atoms with Gasteiger partial charge in [-0.25, -0.2) is 8.78 Å². The Morgan fingerprint density at radius 2 is 1.83 bits per heavy atom. The third kappa shape index (κ3) is 3.02. The molecule has 0 aromatic heterocycles. The number of nitrogens with one attached hydrogen (secondary N) is 1. The number of alkyl halides is 2. The van der Waals surface area contributed by atoms with Gasteiger partial charge in [0, 0.05) is 31.7 Å². The average Bonchev–Trinajstić information content (AvgIpc) is 2.58. The number of rotatable bonds is 4. The first-order chi connectivity index (χ1) is 11.0. The van der Waals surface area contributed by atoms with Crippen LogP contribution in [0, 0.1) is 0 Å². The molecule has 0 radical (unpaired) electrons. The highest BCUT2D eigenvalue weighted by molar-refractivity contribution is 5.88. The van der Waals surface area contributed by atoms with E-state index in [0.717, 1.165) is 5.39 Å². The summed E-state index contributed by atoms with van der Waals surface area (Å²) < 4.78 is 29.1. The van der Waals surface area contributed by atoms with Crippen LogP contribution in [0.4, 0.5) is 8.78 Å². The van der Waals surface area contributed by atoms with Gasteiger partial charge in [0.05, 0.1) is 0 Å². The molecule has 0 unspecified atom stereocenters. The van der Waals surface area contributed by atoms with Crippen LogP contribution in [-0.4, -0.2) is 53.8 Å². The summed E-state index contributed by atoms with van der Waals surface area (Å²) in [6.45, 7) is 0.809. The molecule has 2 aromatic rings. The summed E-state index contributed by atoms with van der Waals surface area (Å²) in [5.74, 6) is -3.51. The van der Waals surface area contributed by atoms with E-state index in [0.29, 0.717) is 31.6 Å². The number of phenolic OH excluding ortho intramolecular Hbond substituents is 1. The number of phenols is 1. The summed E-state index contributed by atoms with van der Waals surface area (Å²) in [6, 6.07) is 8.93. The van der Waals surface area contributed by atoms with Crippen LogP contribution >= 0.6 is 0 Å². The van der Waals surface area contributed by atoms with Crippen molar-refractivity contribution in [3.05, 3.63) is 42.0 Å². The van der Waals surface area contributed by atoms with Crippen molar-refractivity contribution in [1.82, 2.24) is 10.2 Å². The van der Waals surface area contributed by atoms with Crippen LogP contribution < -0.4 is 5.32 Å². The minimum atomic E-state index is -3.35. The zero-order chi connectivity index (χ0) is 16.4. The monoisotopic (exact) mass is 322 g/mol. The first kappa shape index (κ1) is 16.1. The zero-order valence-corrected chi connectivity index (χ0v) is 12.7. The highest BCUT2D eigenvalue weighted by Crippen LogP contribution is 2.43. The number of halogens is 2. The number of hydrogen-bond acceptors (Lipinski definition) is 4. The molecule has 1 saturated heterocycles. The Bertz CT molecular complexity index is 687. The van der Waals surface area contributed by atoms with Crippen molar-refractivity contribution in [3.8, 4) is 5.75 Å². The van der Waals surface area contributed by atoms with E-state index in [1.807, 2.05) is 12.1 Å². The fraction of sp³-hybridized carbons (Fsp3) is 0.412. The van der Waals surface area contributed by atoms with Crippen LogP contribution in [0.1, 0.15) is 11.6 Å². The molecule has 3 N–H and O–H groups in total. The predicted molar refractivity (Wildman–Crippen MR) is 84.8 cm³/mol. The molecular formula is C17H20F2N2O2. The van der Waals surface area contributed by atoms with Crippen LogP contribution in [0.2, 0.25) is 0 Å². The standard InChI is InChI=1S/C17H20F2N2O2/c18-17(19,11-22)16(21-9-7-20-8-10-21)15-13-4-2-1-3-12(13)5-6-14(15)23/h1-6,16,20,22-23H,7-11H2/t16-/m0/s1. The molecule has 6 heteroatoms. The maximum absolute atomic E-state index is 14.6. The molecule has 1 heterocycles. The lowest BCUT2D eigenvalue weighted by Gasteiger charge is -2.39. The summed E-state index contributed by atoms with van der Waals surface area (Å²) in [4.78, 5) is 1.63. The van der Waals surface area contributed by atoms with Crippen molar-refractivity contribution in [2.45, 2.75) is 12.0 Å². The van der Waals surface area contributed by atoms with Crippen molar-refractivity contribution in [3.63, 3.8) is 0 Å². The van der Waals surface area contributed by atoms with Crippen LogP contribution in [-0.2, 0) is 0 Å². The van der Waals surface area contributed by atoms with Gasteiger partial charge in [0.25, 0.3) is 5.92 Å². The molecular weight excluding hydrogens is 302 g/mol. The third-order valence-corrected chi connectivity index (χ3v) is 4.35. The number of hydrogen-bond donors (Lipinski definition) is 3. The SMILES string of the molecule is OCC(F)(F)[C@H](c1c(O)ccc2ccccc12)N1CCNCC1. The molecule has 0 spiro atoms. The second-order valence-electron chi connectivity index (χ2n) is 5.83. The van der Waals surface area contributed by atoms with Crippen molar-refractivity contribution in [2.75, 3.05) is 32.8 Å². The first-order valence-electron chi connectivity index (χ1n) is 7.68. The van der Waals surface area contributed by atoms with E-state index in [9.17, 15) is 19.0 Å². The molecule has 0 bridgehead atoms. The first-order valence-corrected chi connectivity index (χ1v) is 7.68. The molecule has 0 amide bonds. The Kier molecular flexibility index (Phi) is 4.48. The molecule has 1 aliphatic rings. The van der Waals surface area contributed by atoms with Gasteiger partial charge in [0.1, 0.15) is 18.4 Å². The molecule has 0 saturated carbocycles. The smallest absolute Gasteiger partial charge is 0.290 e. The van der Waals surface area contributed by atoms with Gasteiger partial charge < -0.3 is 15.5 Å². The van der Waals surface area contributed by atoms with Gasteiger partial charge in [0.15, 0.2) is 0 Å². The molecule has 4 nitrogen and oxygen atoms in total. The maximum Gasteiger partial charge on any atom is 0.290 e. The number of fused-ring (bicyclic) bond motifs is 1. The third-order valence-electron chi connectivity index (χ3n) is 4.35. The maximum atomic E-state index is 14.6. The minimum Gasteiger partial charge on any atom is -0.508 e. The zero-order valence-electron chi connectivity index (χ0n) is 12.7. The van der Waals surface area contributed by atoms with Crippen LogP contribution in [0.25, 0.3) is 10.8 Å². The minimum absolute atomic E-state index is 0.166. The molecule has 1 aliphatic heterocycles. The van der Waals surface area contributed by atoms with E-state index in [2.05, 4.69) is 5.32 Å². The number of aliphatic hydroxyl groups excluding tert-OH is 1. The normalized spacial score (nSPS) is 18.2. The lowest BCUT2D eigenvalue weighted by molar-refractivity contribution is -0.118. The molecule has 23 heavy (non-hydrogen) atoms. The summed E-state index contributed by atoms with van der Waals surface area (Å²) in [7, 11) is 0. The van der Waals surface area contributed by atoms with Gasteiger partial charge in [-0.05, 0) is 16.8 Å². The van der Waals surface area contributed by atoms with E-state index < -0.39 is 18.6 Å². The number of benzene rings is 2. The summed E-state index contributed by atoms with van der Waals surface area (Å²) in [5.41, 5.74) is 0.184. The number of aliphatic hydroxyl groups is 1. The molecule has 124 valence electrons. The lowest BCUT2D eigenvalue weighted by atomic mass is 9.92. The highest BCUT2D eigenvalue weighted by atomic mass is 19.3. The van der Waals surface area contributed by atoms with Crippen molar-refractivity contribution in [2.24, 2.45) is 0 Å². The highest BCUT2D eigenvalue weighted by Gasteiger charge is 2.45. The van der Waals surface area contributed by atoms with Crippen molar-refractivity contribution in [1.29, 1.82) is 0 Å². The van der Waals surface area contributed by atoms with E-state index in [4.69, 9.17) is 0 Å². The number of aromatic hydroxyl groups is 1. The van der Waals surface area contributed by atoms with Crippen molar-refractivity contribution < 1.29 is 19.0 Å². The molecule has 1 fully saturated rings. The Morgan fingerprint density at radius 1 is 1.13 bits per heavy atom. The van der Waals surface area contributed by atoms with Gasteiger partial charge in [0.2, 0.25) is 0 Å². The largest absolute Gasteiger partial charge is 0.508 e. The second-order valence-corrected chi connectivity index (χ2v) is 5.83. The molecule has 3 rings (SSSR count). The van der Waals surface area contributed by atoms with Crippen LogP contribution in [0.3, 0.4) is 0 Å². The Labute approximate surface area is 133 Å². The van der Waals surface area contributed by atoms with Gasteiger partial charge in [-0.1, -0.05) is 30.3 Å². The Balaban J connectivity index is 2.18.